The number of rotatable bonds is 2. The first-order valence-electron chi connectivity index (χ1n) is 8.80. The largest absolute Gasteiger partial charge is 0.338 e. The lowest BCUT2D eigenvalue weighted by Crippen LogP contribution is -2.29. The van der Waals surface area contributed by atoms with Crippen molar-refractivity contribution in [2.24, 2.45) is 0 Å². The normalized spacial score (nSPS) is 22.0. The van der Waals surface area contributed by atoms with Gasteiger partial charge < -0.3 is 9.84 Å². The van der Waals surface area contributed by atoms with Crippen molar-refractivity contribution in [1.82, 2.24) is 5.16 Å². The number of hydrogen-bond acceptors (Lipinski definition) is 5. The molecule has 0 bridgehead atoms. The molecule has 1 N–H and O–H groups in total. The second-order valence-corrected chi connectivity index (χ2v) is 7.89. The Morgan fingerprint density at radius 1 is 1.15 bits per heavy atom. The number of nitrogens with one attached hydrogen (secondary N) is 1. The summed E-state index contributed by atoms with van der Waals surface area (Å²) in [4.78, 5) is 14.4. The zero-order valence-electron chi connectivity index (χ0n) is 14.4. The highest BCUT2D eigenvalue weighted by atomic mass is 32.1. The summed E-state index contributed by atoms with van der Waals surface area (Å²) in [7, 11) is 0. The maximum Gasteiger partial charge on any atom is 0.233 e. The Morgan fingerprint density at radius 3 is 2.77 bits per heavy atom. The zero-order valence-corrected chi connectivity index (χ0v) is 15.2. The van der Waals surface area contributed by atoms with Gasteiger partial charge in [0.1, 0.15) is 0 Å². The van der Waals surface area contributed by atoms with Crippen LogP contribution >= 0.6 is 11.3 Å². The van der Waals surface area contributed by atoms with Gasteiger partial charge in [-0.2, -0.15) is 0 Å². The van der Waals surface area contributed by atoms with E-state index in [9.17, 15) is 4.79 Å². The lowest BCUT2D eigenvalue weighted by molar-refractivity contribution is -0.116. The minimum atomic E-state index is -0.0725. The average Bonchev–Trinajstić information content (AvgIpc) is 3.31. The number of Topliss-reactive ketones (excluding diaryl/α,β-unsaturated/α-hetero) is 1. The number of carbonyl (C=O) groups is 1. The minimum Gasteiger partial charge on any atom is -0.338 e. The summed E-state index contributed by atoms with van der Waals surface area (Å²) in [6.07, 6.45) is 1.36. The lowest BCUT2D eigenvalue weighted by Gasteiger charge is -2.34. The van der Waals surface area contributed by atoms with Crippen molar-refractivity contribution < 1.29 is 9.32 Å². The molecule has 130 valence electrons. The van der Waals surface area contributed by atoms with Gasteiger partial charge in [-0.15, -0.1) is 11.3 Å². The van der Waals surface area contributed by atoms with Crippen molar-refractivity contribution in [3.05, 3.63) is 80.8 Å². The molecule has 3 aromatic rings. The van der Waals surface area contributed by atoms with Gasteiger partial charge in [0.2, 0.25) is 5.88 Å². The molecule has 5 heteroatoms. The number of ketones is 1. The number of allylic oxidation sites excluding steroid dienone is 2. The highest BCUT2D eigenvalue weighted by molar-refractivity contribution is 7.10. The van der Waals surface area contributed by atoms with Gasteiger partial charge in [0.15, 0.2) is 5.78 Å². The number of aryl methyl sites for hydroxylation is 1. The summed E-state index contributed by atoms with van der Waals surface area (Å²) >= 11 is 1.68. The van der Waals surface area contributed by atoms with Crippen molar-refractivity contribution >= 4 is 23.0 Å². The van der Waals surface area contributed by atoms with Crippen LogP contribution in [-0.2, 0) is 4.79 Å². The van der Waals surface area contributed by atoms with Crippen LogP contribution in [0.3, 0.4) is 0 Å². The molecule has 2 aliphatic rings. The van der Waals surface area contributed by atoms with Crippen molar-refractivity contribution in [2.45, 2.75) is 31.6 Å². The van der Waals surface area contributed by atoms with Crippen molar-refractivity contribution in [2.75, 3.05) is 5.32 Å². The smallest absolute Gasteiger partial charge is 0.233 e. The van der Waals surface area contributed by atoms with Gasteiger partial charge in [0.05, 0.1) is 17.2 Å². The van der Waals surface area contributed by atoms with E-state index in [2.05, 4.69) is 34.1 Å². The predicted octanol–water partition coefficient (Wildman–Crippen LogP) is 5.00. The number of hydrogen-bond donors (Lipinski definition) is 1. The van der Waals surface area contributed by atoms with Crippen molar-refractivity contribution in [1.29, 1.82) is 0 Å². The summed E-state index contributed by atoms with van der Waals surface area (Å²) in [5.41, 5.74) is 4.92. The van der Waals surface area contributed by atoms with Crippen LogP contribution in [0.15, 0.2) is 63.6 Å². The van der Waals surface area contributed by atoms with E-state index in [0.29, 0.717) is 12.3 Å². The molecule has 1 aromatic carbocycles. The van der Waals surface area contributed by atoms with Crippen LogP contribution < -0.4 is 5.32 Å². The topological polar surface area (TPSA) is 55.1 Å². The van der Waals surface area contributed by atoms with Gasteiger partial charge >= 0.3 is 0 Å². The highest BCUT2D eigenvalue weighted by Gasteiger charge is 2.41. The SMILES string of the molecule is Cc1noc2c1[C@H](c1cccs1)C1=C(C[C@@H](c3ccccc3)CC1=O)N2. The quantitative estimate of drug-likeness (QED) is 0.697. The number of thiophene rings is 1. The Hall–Kier alpha value is -2.66. The first-order chi connectivity index (χ1) is 12.7. The van der Waals surface area contributed by atoms with Gasteiger partial charge in [0.25, 0.3) is 0 Å². The van der Waals surface area contributed by atoms with Crippen molar-refractivity contribution in [3.8, 4) is 0 Å². The second kappa shape index (κ2) is 5.95. The summed E-state index contributed by atoms with van der Waals surface area (Å²) in [6.45, 7) is 1.94. The van der Waals surface area contributed by atoms with Gasteiger partial charge in [-0.3, -0.25) is 4.79 Å². The molecule has 0 spiro atoms. The number of benzene rings is 1. The standard InChI is InChI=1S/C21H18N2O2S/c1-12-18-20(17-8-5-9-26-17)19-15(22-21(18)25-23-12)10-14(11-16(19)24)13-6-3-2-4-7-13/h2-9,14,20,22H,10-11H2,1H3/t14-,20+/m1/s1. The molecule has 3 heterocycles. The Morgan fingerprint density at radius 2 is 2.00 bits per heavy atom. The minimum absolute atomic E-state index is 0.0725. The molecule has 0 saturated carbocycles. The molecule has 2 atom stereocenters. The van der Waals surface area contributed by atoms with Crippen LogP contribution in [0.1, 0.15) is 46.4 Å². The van der Waals surface area contributed by atoms with Crippen LogP contribution in [0.5, 0.6) is 0 Å². The number of fused-ring (bicyclic) bond motifs is 1. The fourth-order valence-corrected chi connectivity index (χ4v) is 5.02. The monoisotopic (exact) mass is 362 g/mol. The highest BCUT2D eigenvalue weighted by Crippen LogP contribution is 2.49. The van der Waals surface area contributed by atoms with E-state index in [4.69, 9.17) is 4.52 Å². The molecule has 2 aromatic heterocycles. The molecular weight excluding hydrogens is 344 g/mol. The molecule has 0 fully saturated rings. The molecule has 4 nitrogen and oxygen atoms in total. The third-order valence-electron chi connectivity index (χ3n) is 5.36. The summed E-state index contributed by atoms with van der Waals surface area (Å²) < 4.78 is 5.54. The third kappa shape index (κ3) is 2.35. The average molecular weight is 362 g/mol. The Labute approximate surface area is 155 Å². The molecule has 26 heavy (non-hydrogen) atoms. The fraction of sp³-hybridized carbons (Fsp3) is 0.238. The van der Waals surface area contributed by atoms with E-state index in [1.54, 1.807) is 11.3 Å². The molecule has 5 rings (SSSR count). The first kappa shape index (κ1) is 15.6. The summed E-state index contributed by atoms with van der Waals surface area (Å²) in [5.74, 6) is 1.03. The van der Waals surface area contributed by atoms with Crippen LogP contribution in [0.2, 0.25) is 0 Å². The van der Waals surface area contributed by atoms with Gasteiger partial charge in [-0.25, -0.2) is 0 Å². The Bertz CT molecular complexity index is 1000. The van der Waals surface area contributed by atoms with Gasteiger partial charge in [-0.1, -0.05) is 41.6 Å². The molecule has 0 unspecified atom stereocenters. The predicted molar refractivity (Wildman–Crippen MR) is 101 cm³/mol. The van der Waals surface area contributed by atoms with Gasteiger partial charge in [-0.05, 0) is 36.3 Å². The molecule has 0 saturated heterocycles. The number of nitrogens with zero attached hydrogens (tertiary/aromatic N) is 1. The molecule has 1 aliphatic heterocycles. The van der Waals surface area contributed by atoms with Crippen LogP contribution in [0.4, 0.5) is 5.88 Å². The van der Waals surface area contributed by atoms with Crippen LogP contribution in [0.25, 0.3) is 0 Å². The van der Waals surface area contributed by atoms with E-state index < -0.39 is 0 Å². The van der Waals surface area contributed by atoms with Crippen LogP contribution in [-0.4, -0.2) is 10.9 Å². The van der Waals surface area contributed by atoms with E-state index in [1.807, 2.05) is 31.2 Å². The first-order valence-corrected chi connectivity index (χ1v) is 9.68. The Balaban J connectivity index is 1.62. The van der Waals surface area contributed by atoms with Gasteiger partial charge in [0, 0.05) is 22.6 Å². The van der Waals surface area contributed by atoms with E-state index in [0.717, 1.165) is 33.8 Å². The zero-order chi connectivity index (χ0) is 17.7. The number of carbonyl (C=O) groups excluding carboxylic acids is 1. The summed E-state index contributed by atoms with van der Waals surface area (Å²) in [5, 5.41) is 9.58. The summed E-state index contributed by atoms with van der Waals surface area (Å²) in [6, 6.07) is 14.4. The number of anilines is 1. The van der Waals surface area contributed by atoms with Crippen LogP contribution in [0, 0.1) is 6.92 Å². The molecule has 0 amide bonds. The van der Waals surface area contributed by atoms with E-state index >= 15 is 0 Å². The third-order valence-corrected chi connectivity index (χ3v) is 6.29. The molecular formula is C21H18N2O2S. The van der Waals surface area contributed by atoms with E-state index in [1.165, 1.54) is 5.56 Å². The second-order valence-electron chi connectivity index (χ2n) is 6.92. The maximum absolute atomic E-state index is 13.2. The fourth-order valence-electron chi connectivity index (χ4n) is 4.17. The Kier molecular flexibility index (Phi) is 3.57. The van der Waals surface area contributed by atoms with E-state index in [-0.39, 0.29) is 17.6 Å². The number of aromatic nitrogens is 1. The molecule has 0 radical (unpaired) electrons. The lowest BCUT2D eigenvalue weighted by atomic mass is 9.74. The van der Waals surface area contributed by atoms with Crippen molar-refractivity contribution in [3.63, 3.8) is 0 Å². The maximum atomic E-state index is 13.2. The molecule has 1 aliphatic carbocycles.